The van der Waals surface area contributed by atoms with Crippen molar-refractivity contribution in [3.8, 4) is 0 Å². The first-order valence-corrected chi connectivity index (χ1v) is 13.0. The van der Waals surface area contributed by atoms with Gasteiger partial charge in [-0.05, 0) is 97.7 Å². The van der Waals surface area contributed by atoms with E-state index < -0.39 is 12.1 Å². The van der Waals surface area contributed by atoms with Gasteiger partial charge in [-0.3, -0.25) is 9.59 Å². The van der Waals surface area contributed by atoms with E-state index in [2.05, 4.69) is 26.1 Å². The molecule has 7 heteroatoms. The van der Waals surface area contributed by atoms with Crippen molar-refractivity contribution in [2.45, 2.75) is 96.9 Å². The molecule has 0 aromatic carbocycles. The number of carboxylic acid groups (broad SMARTS) is 1. The van der Waals surface area contributed by atoms with Crippen LogP contribution in [0, 0.1) is 46.3 Å². The van der Waals surface area contributed by atoms with Crippen LogP contribution in [0.15, 0.2) is 0 Å². The van der Waals surface area contributed by atoms with E-state index in [1.807, 2.05) is 0 Å². The molecule has 11 atom stereocenters. The van der Waals surface area contributed by atoms with Crippen LogP contribution in [0.5, 0.6) is 0 Å². The summed E-state index contributed by atoms with van der Waals surface area (Å²) in [4.78, 5) is 22.7. The Bertz CT molecular complexity index is 759. The minimum Gasteiger partial charge on any atom is -0.480 e. The smallest absolute Gasteiger partial charge is 0.322 e. The van der Waals surface area contributed by atoms with Crippen LogP contribution in [-0.2, 0) is 9.59 Å². The van der Waals surface area contributed by atoms with E-state index in [1.165, 1.54) is 0 Å². The number of carbonyl (C=O) groups is 2. The first-order valence-electron chi connectivity index (χ1n) is 13.0. The summed E-state index contributed by atoms with van der Waals surface area (Å²) in [6.07, 6.45) is 5.86. The lowest BCUT2D eigenvalue weighted by atomic mass is 9.43. The molecule has 0 heterocycles. The van der Waals surface area contributed by atoms with Crippen LogP contribution in [0.2, 0.25) is 0 Å². The number of carbonyl (C=O) groups excluding carboxylic acids is 1. The fourth-order valence-electron chi connectivity index (χ4n) is 8.95. The summed E-state index contributed by atoms with van der Waals surface area (Å²) in [5.74, 6) is 0.265. The third kappa shape index (κ3) is 4.23. The third-order valence-electron chi connectivity index (χ3n) is 10.8. The van der Waals surface area contributed by atoms with E-state index in [-0.39, 0.29) is 65.1 Å². The maximum Gasteiger partial charge on any atom is 0.322 e. The molecule has 4 saturated carbocycles. The predicted octanol–water partition coefficient (Wildman–Crippen LogP) is 2.56. The van der Waals surface area contributed by atoms with E-state index in [9.17, 15) is 24.9 Å². The molecule has 5 N–H and O–H groups in total. The maximum atomic E-state index is 12.0. The van der Waals surface area contributed by atoms with Crippen molar-refractivity contribution >= 4 is 11.9 Å². The Morgan fingerprint density at radius 3 is 2.45 bits per heavy atom. The lowest BCUT2D eigenvalue weighted by molar-refractivity contribution is -0.207. The van der Waals surface area contributed by atoms with E-state index in [0.717, 1.165) is 38.5 Å². The SMILES string of the molecule is C[C@H](CCC(=O)NCC(=O)O)[C@H]1CCC2[C@@H]3[C@H](O)C[C@@H]4C[C@H](O)CC[C@]4(C)[C@H]3C[C@H](O)[C@@]21C. The van der Waals surface area contributed by atoms with Crippen molar-refractivity contribution in [3.63, 3.8) is 0 Å². The number of hydrogen-bond acceptors (Lipinski definition) is 5. The topological polar surface area (TPSA) is 127 Å². The normalized spacial score (nSPS) is 47.7. The fourth-order valence-corrected chi connectivity index (χ4v) is 8.95. The molecule has 0 spiro atoms. The number of aliphatic hydroxyl groups is 3. The van der Waals surface area contributed by atoms with Gasteiger partial charge in [0.1, 0.15) is 6.54 Å². The van der Waals surface area contributed by atoms with Gasteiger partial charge in [0, 0.05) is 6.42 Å². The Labute approximate surface area is 197 Å². The summed E-state index contributed by atoms with van der Waals surface area (Å²) in [7, 11) is 0. The second kappa shape index (κ2) is 9.12. The zero-order valence-electron chi connectivity index (χ0n) is 20.4. The monoisotopic (exact) mass is 465 g/mol. The summed E-state index contributed by atoms with van der Waals surface area (Å²) in [6.45, 7) is 6.35. The zero-order valence-corrected chi connectivity index (χ0v) is 20.4. The van der Waals surface area contributed by atoms with Crippen LogP contribution in [0.3, 0.4) is 0 Å². The fraction of sp³-hybridized carbons (Fsp3) is 0.923. The maximum absolute atomic E-state index is 12.0. The standard InChI is InChI=1S/C26H43NO6/c1-14(4-7-22(31)27-13-23(32)33)17-5-6-18-24-19(12-21(30)26(17,18)3)25(2)9-8-16(28)10-15(25)11-20(24)29/h14-21,24,28-30H,4-13H2,1-3H3,(H,27,31)(H,32,33)/t14-,15+,16-,17-,18?,19+,20-,21+,24+,25+,26-/m1/s1. The Hall–Kier alpha value is -1.18. The van der Waals surface area contributed by atoms with E-state index in [4.69, 9.17) is 5.11 Å². The quantitative estimate of drug-likeness (QED) is 0.410. The molecule has 0 aromatic rings. The Morgan fingerprint density at radius 1 is 1.03 bits per heavy atom. The van der Waals surface area contributed by atoms with E-state index in [0.29, 0.717) is 25.2 Å². The molecular weight excluding hydrogens is 422 g/mol. The largest absolute Gasteiger partial charge is 0.480 e. The summed E-state index contributed by atoms with van der Waals surface area (Å²) in [5, 5.41) is 44.4. The summed E-state index contributed by atoms with van der Waals surface area (Å²) < 4.78 is 0. The number of carboxylic acids is 1. The number of aliphatic hydroxyl groups excluding tert-OH is 3. The van der Waals surface area contributed by atoms with Gasteiger partial charge in [0.25, 0.3) is 0 Å². The van der Waals surface area contributed by atoms with Crippen LogP contribution in [0.4, 0.5) is 0 Å². The second-order valence-corrected chi connectivity index (χ2v) is 12.2. The molecule has 188 valence electrons. The Kier molecular flexibility index (Phi) is 6.89. The average Bonchev–Trinajstić information content (AvgIpc) is 3.11. The first kappa shape index (κ1) is 24.9. The molecule has 4 rings (SSSR count). The van der Waals surface area contributed by atoms with Crippen LogP contribution < -0.4 is 5.32 Å². The molecule has 33 heavy (non-hydrogen) atoms. The lowest BCUT2D eigenvalue weighted by Gasteiger charge is -2.63. The van der Waals surface area contributed by atoms with Crippen LogP contribution in [-0.4, -0.2) is 57.2 Å². The van der Waals surface area contributed by atoms with Crippen molar-refractivity contribution in [3.05, 3.63) is 0 Å². The number of hydrogen-bond donors (Lipinski definition) is 5. The van der Waals surface area contributed by atoms with Crippen molar-refractivity contribution in [2.24, 2.45) is 46.3 Å². The van der Waals surface area contributed by atoms with E-state index >= 15 is 0 Å². The molecule has 1 amide bonds. The zero-order chi connectivity index (χ0) is 24.1. The van der Waals surface area contributed by atoms with Crippen LogP contribution >= 0.6 is 0 Å². The number of fused-ring (bicyclic) bond motifs is 5. The first-order chi connectivity index (χ1) is 15.5. The molecular formula is C26H43NO6. The molecule has 4 aliphatic carbocycles. The van der Waals surface area contributed by atoms with Gasteiger partial charge in [0.05, 0.1) is 18.3 Å². The molecule has 0 aromatic heterocycles. The van der Waals surface area contributed by atoms with Gasteiger partial charge in [-0.1, -0.05) is 20.8 Å². The molecule has 1 unspecified atom stereocenters. The van der Waals surface area contributed by atoms with E-state index in [1.54, 1.807) is 0 Å². The molecule has 4 aliphatic rings. The third-order valence-corrected chi connectivity index (χ3v) is 10.8. The van der Waals surface area contributed by atoms with Gasteiger partial charge >= 0.3 is 5.97 Å². The summed E-state index contributed by atoms with van der Waals surface area (Å²) in [5.41, 5.74) is -0.214. The average molecular weight is 466 g/mol. The highest BCUT2D eigenvalue weighted by atomic mass is 16.4. The van der Waals surface area contributed by atoms with Crippen molar-refractivity contribution < 1.29 is 30.0 Å². The van der Waals surface area contributed by atoms with Crippen molar-refractivity contribution in [1.29, 1.82) is 0 Å². The molecule has 0 bridgehead atoms. The highest BCUT2D eigenvalue weighted by Crippen LogP contribution is 2.68. The molecule has 0 radical (unpaired) electrons. The van der Waals surface area contributed by atoms with Gasteiger partial charge in [0.15, 0.2) is 0 Å². The lowest BCUT2D eigenvalue weighted by Crippen LogP contribution is -2.62. The Balaban J connectivity index is 1.49. The van der Waals surface area contributed by atoms with Crippen LogP contribution in [0.25, 0.3) is 0 Å². The number of rotatable bonds is 6. The minimum absolute atomic E-state index is 0.0668. The summed E-state index contributed by atoms with van der Waals surface area (Å²) >= 11 is 0. The summed E-state index contributed by atoms with van der Waals surface area (Å²) in [6, 6.07) is 0. The molecule has 0 saturated heterocycles. The second-order valence-electron chi connectivity index (χ2n) is 12.2. The number of aliphatic carboxylic acids is 1. The minimum atomic E-state index is -1.04. The number of nitrogens with one attached hydrogen (secondary N) is 1. The van der Waals surface area contributed by atoms with Gasteiger partial charge in [-0.25, -0.2) is 0 Å². The van der Waals surface area contributed by atoms with Crippen molar-refractivity contribution in [1.82, 2.24) is 5.32 Å². The Morgan fingerprint density at radius 2 is 1.76 bits per heavy atom. The van der Waals surface area contributed by atoms with Gasteiger partial charge < -0.3 is 25.7 Å². The van der Waals surface area contributed by atoms with Gasteiger partial charge in [-0.2, -0.15) is 0 Å². The highest BCUT2D eigenvalue weighted by Gasteiger charge is 2.65. The number of amides is 1. The van der Waals surface area contributed by atoms with Gasteiger partial charge in [-0.15, -0.1) is 0 Å². The van der Waals surface area contributed by atoms with Crippen molar-refractivity contribution in [2.75, 3.05) is 6.54 Å². The van der Waals surface area contributed by atoms with Crippen LogP contribution in [0.1, 0.15) is 78.6 Å². The molecule has 0 aliphatic heterocycles. The van der Waals surface area contributed by atoms with Gasteiger partial charge in [0.2, 0.25) is 5.91 Å². The molecule has 7 nitrogen and oxygen atoms in total. The highest BCUT2D eigenvalue weighted by molar-refractivity contribution is 5.81. The molecule has 4 fully saturated rings. The predicted molar refractivity (Wildman–Crippen MR) is 123 cm³/mol.